The van der Waals surface area contributed by atoms with Crippen molar-refractivity contribution in [2.75, 3.05) is 17.8 Å². The standard InChI is InChI=1S/C20H17ClF3N7O2S/c1-9(28-18(33)15-11-7-31(2)30-16(11)27-8-26-15)19-25-6-14(34-19)17(32)29-10-3-4-13(21)12(5-10)20(22,23)24/h3-6,8-9H,7H2,1-2H3,(H,28,33)(H,29,32)(H,26,27,30)/t9-/m1/s1. The molecule has 0 saturated carbocycles. The van der Waals surface area contributed by atoms with Crippen LogP contribution in [-0.4, -0.2) is 38.8 Å². The van der Waals surface area contributed by atoms with Gasteiger partial charge < -0.3 is 16.1 Å². The first-order valence-electron chi connectivity index (χ1n) is 9.79. The van der Waals surface area contributed by atoms with E-state index in [1.807, 2.05) is 7.05 Å². The highest BCUT2D eigenvalue weighted by Gasteiger charge is 2.33. The van der Waals surface area contributed by atoms with Gasteiger partial charge in [-0.3, -0.25) is 9.59 Å². The third-order valence-corrected chi connectivity index (χ3v) is 6.36. The molecule has 0 aliphatic carbocycles. The van der Waals surface area contributed by atoms with Gasteiger partial charge in [0.2, 0.25) is 0 Å². The number of alkyl halides is 3. The summed E-state index contributed by atoms with van der Waals surface area (Å²) in [5.41, 5.74) is 2.79. The van der Waals surface area contributed by atoms with E-state index in [4.69, 9.17) is 11.6 Å². The molecular weight excluding hydrogens is 495 g/mol. The second-order valence-electron chi connectivity index (χ2n) is 7.42. The Labute approximate surface area is 200 Å². The minimum absolute atomic E-state index is 0.0609. The van der Waals surface area contributed by atoms with Gasteiger partial charge >= 0.3 is 6.18 Å². The number of nitrogens with zero attached hydrogens (tertiary/aromatic N) is 4. The van der Waals surface area contributed by atoms with E-state index >= 15 is 0 Å². The summed E-state index contributed by atoms with van der Waals surface area (Å²) in [6.07, 6.45) is -2.07. The van der Waals surface area contributed by atoms with E-state index in [0.717, 1.165) is 23.5 Å². The van der Waals surface area contributed by atoms with Crippen molar-refractivity contribution >= 4 is 46.3 Å². The number of thiazole rings is 1. The maximum atomic E-state index is 13.0. The number of anilines is 2. The Balaban J connectivity index is 1.44. The molecule has 34 heavy (non-hydrogen) atoms. The summed E-state index contributed by atoms with van der Waals surface area (Å²) >= 11 is 6.61. The van der Waals surface area contributed by atoms with Gasteiger partial charge in [0, 0.05) is 24.8 Å². The van der Waals surface area contributed by atoms with Crippen molar-refractivity contribution in [3.05, 3.63) is 62.5 Å². The molecule has 2 amide bonds. The number of carbonyl (C=O) groups is 2. The van der Waals surface area contributed by atoms with E-state index in [-0.39, 0.29) is 16.3 Å². The fraction of sp³-hybridized carbons (Fsp3) is 0.250. The van der Waals surface area contributed by atoms with E-state index in [0.29, 0.717) is 22.9 Å². The molecule has 2 aromatic heterocycles. The molecule has 178 valence electrons. The predicted octanol–water partition coefficient (Wildman–Crippen LogP) is 4.12. The number of halogens is 4. The van der Waals surface area contributed by atoms with Crippen molar-refractivity contribution in [1.82, 2.24) is 25.3 Å². The molecule has 4 rings (SSSR count). The van der Waals surface area contributed by atoms with Gasteiger partial charge in [0.05, 0.1) is 22.8 Å². The summed E-state index contributed by atoms with van der Waals surface area (Å²) in [5, 5.41) is 6.93. The van der Waals surface area contributed by atoms with Gasteiger partial charge in [0.15, 0.2) is 0 Å². The van der Waals surface area contributed by atoms with Gasteiger partial charge in [-0.15, -0.1) is 11.3 Å². The SMILES string of the molecule is C[C@@H](NC(=O)c1ncnc2c1CN(C)N2)c1ncc(C(=O)Nc2ccc(Cl)c(C(F)(F)F)c2)s1. The maximum Gasteiger partial charge on any atom is 0.417 e. The van der Waals surface area contributed by atoms with Crippen LogP contribution in [-0.2, 0) is 12.7 Å². The van der Waals surface area contributed by atoms with Crippen LogP contribution < -0.4 is 16.1 Å². The number of benzene rings is 1. The van der Waals surface area contributed by atoms with Gasteiger partial charge in [-0.2, -0.15) is 13.2 Å². The molecule has 1 atom stereocenters. The lowest BCUT2D eigenvalue weighted by Crippen LogP contribution is -2.28. The molecule has 9 nitrogen and oxygen atoms in total. The van der Waals surface area contributed by atoms with Crippen molar-refractivity contribution in [2.24, 2.45) is 0 Å². The third-order valence-electron chi connectivity index (χ3n) is 4.85. The molecule has 1 aliphatic heterocycles. The Morgan fingerprint density at radius 3 is 2.74 bits per heavy atom. The summed E-state index contributed by atoms with van der Waals surface area (Å²) in [7, 11) is 1.81. The Morgan fingerprint density at radius 1 is 1.24 bits per heavy atom. The molecule has 3 N–H and O–H groups in total. The number of nitrogens with one attached hydrogen (secondary N) is 3. The van der Waals surface area contributed by atoms with Crippen molar-refractivity contribution < 1.29 is 22.8 Å². The zero-order valence-electron chi connectivity index (χ0n) is 17.7. The van der Waals surface area contributed by atoms with Crippen molar-refractivity contribution in [3.8, 4) is 0 Å². The summed E-state index contributed by atoms with van der Waals surface area (Å²) in [6, 6.07) is 2.54. The summed E-state index contributed by atoms with van der Waals surface area (Å²) in [6.45, 7) is 2.15. The molecule has 1 aromatic carbocycles. The van der Waals surface area contributed by atoms with Crippen LogP contribution in [0.5, 0.6) is 0 Å². The number of amides is 2. The first kappa shape index (κ1) is 23.9. The Bertz CT molecular complexity index is 1270. The summed E-state index contributed by atoms with van der Waals surface area (Å²) in [4.78, 5) is 37.8. The van der Waals surface area contributed by atoms with Gasteiger partial charge in [0.1, 0.15) is 27.7 Å². The summed E-state index contributed by atoms with van der Waals surface area (Å²) in [5.74, 6) is -0.509. The molecule has 0 spiro atoms. The maximum absolute atomic E-state index is 13.0. The highest BCUT2D eigenvalue weighted by Crippen LogP contribution is 2.36. The third kappa shape index (κ3) is 4.95. The van der Waals surface area contributed by atoms with E-state index in [2.05, 4.69) is 31.0 Å². The lowest BCUT2D eigenvalue weighted by molar-refractivity contribution is -0.137. The number of hydrogen-bond acceptors (Lipinski definition) is 8. The zero-order chi connectivity index (χ0) is 24.6. The van der Waals surface area contributed by atoms with Crippen LogP contribution in [0.25, 0.3) is 0 Å². The van der Waals surface area contributed by atoms with Crippen LogP contribution in [0.1, 0.15) is 49.3 Å². The van der Waals surface area contributed by atoms with Crippen LogP contribution >= 0.6 is 22.9 Å². The molecule has 0 unspecified atom stereocenters. The van der Waals surface area contributed by atoms with Crippen LogP contribution in [0.3, 0.4) is 0 Å². The molecule has 3 aromatic rings. The predicted molar refractivity (Wildman–Crippen MR) is 120 cm³/mol. The average molecular weight is 512 g/mol. The Hall–Kier alpha value is -3.29. The van der Waals surface area contributed by atoms with E-state index in [1.165, 1.54) is 18.6 Å². The molecular formula is C20H17ClF3N7O2S. The topological polar surface area (TPSA) is 112 Å². The molecule has 14 heteroatoms. The van der Waals surface area contributed by atoms with Crippen molar-refractivity contribution in [1.29, 1.82) is 0 Å². The average Bonchev–Trinajstić information content (AvgIpc) is 3.40. The van der Waals surface area contributed by atoms with E-state index in [9.17, 15) is 22.8 Å². The fourth-order valence-corrected chi connectivity index (χ4v) is 4.28. The molecule has 0 fully saturated rings. The van der Waals surface area contributed by atoms with Crippen LogP contribution in [0.2, 0.25) is 5.02 Å². The molecule has 1 aliphatic rings. The quantitative estimate of drug-likeness (QED) is 0.472. The number of carbonyl (C=O) groups excluding carboxylic acids is 2. The monoisotopic (exact) mass is 511 g/mol. The molecule has 0 saturated heterocycles. The molecule has 3 heterocycles. The number of aromatic nitrogens is 3. The van der Waals surface area contributed by atoms with E-state index < -0.39 is 34.6 Å². The normalized spacial score (nSPS) is 14.3. The number of rotatable bonds is 5. The Morgan fingerprint density at radius 2 is 2.00 bits per heavy atom. The minimum atomic E-state index is -4.65. The van der Waals surface area contributed by atoms with E-state index in [1.54, 1.807) is 11.9 Å². The van der Waals surface area contributed by atoms with Crippen LogP contribution in [0.15, 0.2) is 30.7 Å². The largest absolute Gasteiger partial charge is 0.417 e. The summed E-state index contributed by atoms with van der Waals surface area (Å²) < 4.78 is 39.1. The van der Waals surface area contributed by atoms with Gasteiger partial charge in [0.25, 0.3) is 11.8 Å². The number of fused-ring (bicyclic) bond motifs is 1. The van der Waals surface area contributed by atoms with Crippen molar-refractivity contribution in [2.45, 2.75) is 25.7 Å². The highest BCUT2D eigenvalue weighted by atomic mass is 35.5. The lowest BCUT2D eigenvalue weighted by Gasteiger charge is -2.12. The number of hydrazine groups is 1. The molecule has 0 bridgehead atoms. The second kappa shape index (κ2) is 9.16. The van der Waals surface area contributed by atoms with Crippen LogP contribution in [0, 0.1) is 0 Å². The van der Waals surface area contributed by atoms with Crippen LogP contribution in [0.4, 0.5) is 24.7 Å². The fourth-order valence-electron chi connectivity index (χ4n) is 3.24. The Kier molecular flexibility index (Phi) is 6.43. The second-order valence-corrected chi connectivity index (χ2v) is 8.89. The van der Waals surface area contributed by atoms with Gasteiger partial charge in [-0.25, -0.2) is 20.0 Å². The zero-order valence-corrected chi connectivity index (χ0v) is 19.3. The lowest BCUT2D eigenvalue weighted by atomic mass is 10.2. The van der Waals surface area contributed by atoms with Gasteiger partial charge in [-0.05, 0) is 25.1 Å². The highest BCUT2D eigenvalue weighted by molar-refractivity contribution is 7.13. The first-order chi connectivity index (χ1) is 16.0. The molecule has 0 radical (unpaired) electrons. The van der Waals surface area contributed by atoms with Crippen molar-refractivity contribution in [3.63, 3.8) is 0 Å². The minimum Gasteiger partial charge on any atom is -0.342 e. The first-order valence-corrected chi connectivity index (χ1v) is 11.0. The smallest absolute Gasteiger partial charge is 0.342 e. The van der Waals surface area contributed by atoms with Gasteiger partial charge in [-0.1, -0.05) is 11.6 Å². The number of hydrogen-bond donors (Lipinski definition) is 3.